The molecule has 0 saturated heterocycles. The van der Waals surface area contributed by atoms with Crippen LogP contribution in [0.25, 0.3) is 0 Å². The van der Waals surface area contributed by atoms with Crippen molar-refractivity contribution in [3.8, 4) is 0 Å². The van der Waals surface area contributed by atoms with Crippen LogP contribution in [-0.4, -0.2) is 12.2 Å². The third-order valence-corrected chi connectivity index (χ3v) is 3.38. The number of rotatable bonds is 2. The predicted octanol–water partition coefficient (Wildman–Crippen LogP) is 3.95. The van der Waals surface area contributed by atoms with Gasteiger partial charge < -0.3 is 4.74 Å². The first kappa shape index (κ1) is 12.9. The number of anilines is 1. The van der Waals surface area contributed by atoms with Gasteiger partial charge >= 0.3 is 6.09 Å². The molecule has 0 aliphatic heterocycles. The summed E-state index contributed by atoms with van der Waals surface area (Å²) in [5, 5.41) is 2.61. The van der Waals surface area contributed by atoms with Crippen molar-refractivity contribution in [2.45, 2.75) is 38.7 Å². The molecule has 0 heterocycles. The van der Waals surface area contributed by atoms with Gasteiger partial charge in [-0.2, -0.15) is 0 Å². The molecule has 98 valence electrons. The number of nitrogens with one attached hydrogen (secondary N) is 1. The number of hydrogen-bond donors (Lipinski definition) is 1. The summed E-state index contributed by atoms with van der Waals surface area (Å²) in [6.07, 6.45) is 3.89. The molecule has 0 bridgehead atoms. The summed E-state index contributed by atoms with van der Waals surface area (Å²) in [5.74, 6) is 0.0903. The van der Waals surface area contributed by atoms with Gasteiger partial charge in [0.25, 0.3) is 0 Å². The smallest absolute Gasteiger partial charge is 0.411 e. The van der Waals surface area contributed by atoms with Gasteiger partial charge in [0, 0.05) is 5.69 Å². The number of amides is 1. The average Bonchev–Trinajstić information content (AvgIpc) is 2.35. The van der Waals surface area contributed by atoms with Gasteiger partial charge in [0.15, 0.2) is 0 Å². The van der Waals surface area contributed by atoms with E-state index < -0.39 is 6.09 Å². The van der Waals surface area contributed by atoms with Crippen LogP contribution in [-0.2, 0) is 4.74 Å². The molecule has 1 amide bonds. The van der Waals surface area contributed by atoms with E-state index in [0.29, 0.717) is 11.6 Å². The van der Waals surface area contributed by atoms with Gasteiger partial charge in [0.2, 0.25) is 0 Å². The molecular weight excluding hydrogens is 233 g/mol. The van der Waals surface area contributed by atoms with Gasteiger partial charge in [-0.05, 0) is 49.4 Å². The van der Waals surface area contributed by atoms with Crippen LogP contribution in [0.5, 0.6) is 0 Å². The van der Waals surface area contributed by atoms with E-state index >= 15 is 0 Å². The number of carbonyl (C=O) groups excluding carboxylic acids is 1. The lowest BCUT2D eigenvalue weighted by atomic mass is 9.88. The molecule has 1 fully saturated rings. The van der Waals surface area contributed by atoms with Crippen molar-refractivity contribution >= 4 is 11.8 Å². The van der Waals surface area contributed by atoms with Crippen molar-refractivity contribution in [3.63, 3.8) is 0 Å². The second kappa shape index (κ2) is 5.85. The molecule has 0 spiro atoms. The van der Waals surface area contributed by atoms with Crippen molar-refractivity contribution < 1.29 is 13.9 Å². The van der Waals surface area contributed by atoms with Gasteiger partial charge in [-0.3, -0.25) is 5.32 Å². The lowest BCUT2D eigenvalue weighted by molar-refractivity contribution is 0.0524. The second-order valence-electron chi connectivity index (χ2n) is 4.84. The molecule has 1 aromatic rings. The molecule has 0 unspecified atom stereocenters. The molecule has 1 aromatic carbocycles. The van der Waals surface area contributed by atoms with Crippen molar-refractivity contribution in [3.05, 3.63) is 30.1 Å². The summed E-state index contributed by atoms with van der Waals surface area (Å²) in [4.78, 5) is 11.7. The molecule has 2 rings (SSSR count). The van der Waals surface area contributed by atoms with Gasteiger partial charge in [0.1, 0.15) is 11.9 Å². The average molecular weight is 251 g/mol. The summed E-state index contributed by atoms with van der Waals surface area (Å²) >= 11 is 0. The first-order valence-corrected chi connectivity index (χ1v) is 6.38. The van der Waals surface area contributed by atoms with Crippen molar-refractivity contribution in [2.75, 3.05) is 5.32 Å². The molecule has 1 aliphatic rings. The maximum atomic E-state index is 12.7. The van der Waals surface area contributed by atoms with Crippen molar-refractivity contribution in [1.82, 2.24) is 0 Å². The molecule has 1 N–H and O–H groups in total. The largest absolute Gasteiger partial charge is 0.446 e. The van der Waals surface area contributed by atoms with E-state index in [1.165, 1.54) is 30.7 Å². The van der Waals surface area contributed by atoms with E-state index in [1.54, 1.807) is 0 Å². The van der Waals surface area contributed by atoms with Gasteiger partial charge in [-0.1, -0.05) is 13.3 Å². The summed E-state index contributed by atoms with van der Waals surface area (Å²) in [5.41, 5.74) is 0.546. The number of benzene rings is 1. The van der Waals surface area contributed by atoms with Gasteiger partial charge in [0.05, 0.1) is 0 Å². The minimum Gasteiger partial charge on any atom is -0.446 e. The van der Waals surface area contributed by atoms with Crippen molar-refractivity contribution in [2.24, 2.45) is 5.92 Å². The SMILES string of the molecule is C[C@H]1CCCC[C@@H]1OC(=O)Nc1ccc(F)cc1. The third kappa shape index (κ3) is 3.45. The molecule has 4 heteroatoms. The van der Waals surface area contributed by atoms with Crippen LogP contribution in [0.1, 0.15) is 32.6 Å². The minimum absolute atomic E-state index is 0.000742. The van der Waals surface area contributed by atoms with E-state index in [-0.39, 0.29) is 11.9 Å². The van der Waals surface area contributed by atoms with E-state index in [2.05, 4.69) is 12.2 Å². The highest BCUT2D eigenvalue weighted by Crippen LogP contribution is 2.26. The lowest BCUT2D eigenvalue weighted by Gasteiger charge is -2.28. The maximum Gasteiger partial charge on any atom is 0.411 e. The van der Waals surface area contributed by atoms with Crippen LogP contribution in [0, 0.1) is 11.7 Å². The second-order valence-corrected chi connectivity index (χ2v) is 4.84. The molecular formula is C14H18FNO2. The highest BCUT2D eigenvalue weighted by Gasteiger charge is 2.24. The topological polar surface area (TPSA) is 38.3 Å². The first-order valence-electron chi connectivity index (χ1n) is 6.38. The fourth-order valence-corrected chi connectivity index (χ4v) is 2.28. The van der Waals surface area contributed by atoms with Crippen LogP contribution in [0.2, 0.25) is 0 Å². The Kier molecular flexibility index (Phi) is 4.18. The minimum atomic E-state index is -0.458. The zero-order valence-electron chi connectivity index (χ0n) is 10.5. The number of hydrogen-bond acceptors (Lipinski definition) is 2. The fourth-order valence-electron chi connectivity index (χ4n) is 2.28. The zero-order chi connectivity index (χ0) is 13.0. The van der Waals surface area contributed by atoms with Gasteiger partial charge in [-0.15, -0.1) is 0 Å². The quantitative estimate of drug-likeness (QED) is 0.864. The Labute approximate surface area is 106 Å². The molecule has 3 nitrogen and oxygen atoms in total. The summed E-state index contributed by atoms with van der Waals surface area (Å²) in [7, 11) is 0. The van der Waals surface area contributed by atoms with Crippen molar-refractivity contribution in [1.29, 1.82) is 0 Å². The number of ether oxygens (including phenoxy) is 1. The Hall–Kier alpha value is -1.58. The van der Waals surface area contributed by atoms with E-state index in [0.717, 1.165) is 19.3 Å². The number of halogens is 1. The molecule has 0 radical (unpaired) electrons. The standard InChI is InChI=1S/C14H18FNO2/c1-10-4-2-3-5-13(10)18-14(17)16-12-8-6-11(15)7-9-12/h6-10,13H,2-5H2,1H3,(H,16,17)/t10-,13-/m0/s1. The van der Waals surface area contributed by atoms with Crippen LogP contribution in [0.3, 0.4) is 0 Å². The molecule has 2 atom stereocenters. The Balaban J connectivity index is 1.86. The highest BCUT2D eigenvalue weighted by molar-refractivity contribution is 5.84. The summed E-state index contributed by atoms with van der Waals surface area (Å²) < 4.78 is 18.1. The van der Waals surface area contributed by atoms with E-state index in [9.17, 15) is 9.18 Å². The maximum absolute atomic E-state index is 12.7. The molecule has 1 saturated carbocycles. The summed E-state index contributed by atoms with van der Waals surface area (Å²) in [6, 6.07) is 5.64. The van der Waals surface area contributed by atoms with Crippen LogP contribution in [0.15, 0.2) is 24.3 Å². The number of carbonyl (C=O) groups is 1. The predicted molar refractivity (Wildman–Crippen MR) is 67.9 cm³/mol. The van der Waals surface area contributed by atoms with E-state index in [4.69, 9.17) is 4.74 Å². The molecule has 18 heavy (non-hydrogen) atoms. The van der Waals surface area contributed by atoms with Crippen LogP contribution in [0.4, 0.5) is 14.9 Å². The van der Waals surface area contributed by atoms with Crippen LogP contribution < -0.4 is 5.32 Å². The first-order chi connectivity index (χ1) is 8.65. The highest BCUT2D eigenvalue weighted by atomic mass is 19.1. The Bertz CT molecular complexity index is 405. The monoisotopic (exact) mass is 251 g/mol. The van der Waals surface area contributed by atoms with E-state index in [1.807, 2.05) is 0 Å². The lowest BCUT2D eigenvalue weighted by Crippen LogP contribution is -2.30. The Morgan fingerprint density at radius 3 is 2.61 bits per heavy atom. The van der Waals surface area contributed by atoms with Crippen LogP contribution >= 0.6 is 0 Å². The Morgan fingerprint density at radius 1 is 1.28 bits per heavy atom. The zero-order valence-corrected chi connectivity index (χ0v) is 10.5. The van der Waals surface area contributed by atoms with Gasteiger partial charge in [-0.25, -0.2) is 9.18 Å². The Morgan fingerprint density at radius 2 is 1.94 bits per heavy atom. The third-order valence-electron chi connectivity index (χ3n) is 3.38. The fraction of sp³-hybridized carbons (Fsp3) is 0.500. The molecule has 0 aromatic heterocycles. The normalized spacial score (nSPS) is 23.4. The molecule has 1 aliphatic carbocycles. The summed E-state index contributed by atoms with van der Waals surface area (Å²) in [6.45, 7) is 2.11.